The molecule has 1 radical (unpaired) electrons. The van der Waals surface area contributed by atoms with Crippen LogP contribution >= 0.6 is 0 Å². The van der Waals surface area contributed by atoms with Crippen molar-refractivity contribution >= 4 is 6.16 Å². The van der Waals surface area contributed by atoms with Gasteiger partial charge in [0.05, 0.1) is 5.09 Å². The van der Waals surface area contributed by atoms with Crippen LogP contribution in [0.15, 0.2) is 0 Å². The van der Waals surface area contributed by atoms with Gasteiger partial charge in [0.1, 0.15) is 0 Å². The summed E-state index contributed by atoms with van der Waals surface area (Å²) in [5.41, 5.74) is 0. The number of rotatable bonds is 0. The predicted molar refractivity (Wildman–Crippen MR) is 15.8 cm³/mol. The molecule has 9 heteroatoms. The van der Waals surface area contributed by atoms with Gasteiger partial charge in [0.15, 0.2) is 0 Å². The SMILES string of the molecule is O=C([O-])[O-].O=[N+]([O-])[O-].[Cu+2].[Na+]. The smallest absolute Gasteiger partial charge is 0.652 e. The number of carbonyl (C=O) groups is 1. The number of carbonyl (C=O) groups excluding carboxylic acids is 1. The normalized spacial score (nSPS) is 4.80. The standard InChI is InChI=1S/CH2O3.Cu.NO3.Na/c2-1(3)4;;2-1(3)4;/h(H2,2,3,4);;;/q;+2;-1;+1/p-2. The predicted octanol–water partition coefficient (Wildman–Crippen LogP) is -5.68. The Morgan fingerprint density at radius 3 is 1.20 bits per heavy atom. The minimum Gasteiger partial charge on any atom is -0.652 e. The molecular weight excluding hydrogens is 209 g/mol. The molecule has 0 unspecified atom stereocenters. The molecule has 0 aromatic heterocycles. The van der Waals surface area contributed by atoms with Crippen LogP contribution in [0, 0.1) is 15.3 Å². The average molecular weight is 209 g/mol. The second-order valence-corrected chi connectivity index (χ2v) is 0.474. The summed E-state index contributed by atoms with van der Waals surface area (Å²) in [6.45, 7) is 0. The Kier molecular flexibility index (Phi) is 36.0. The fraction of sp³-hybridized carbons (Fsp3) is 0. The number of nitrogens with zero attached hydrogens (tertiary/aromatic N) is 1. The topological polar surface area (TPSA) is 129 Å². The van der Waals surface area contributed by atoms with Crippen LogP contribution in [-0.4, -0.2) is 11.2 Å². The van der Waals surface area contributed by atoms with Gasteiger partial charge < -0.3 is 30.3 Å². The first kappa shape index (κ1) is 22.5. The van der Waals surface area contributed by atoms with Gasteiger partial charge in [-0.3, -0.25) is 0 Å². The molecule has 57 valence electrons. The molecule has 0 aliphatic rings. The molecule has 0 fully saturated rings. The van der Waals surface area contributed by atoms with Crippen LogP contribution in [0.3, 0.4) is 0 Å². The molecule has 7 nitrogen and oxygen atoms in total. The Hall–Kier alpha value is -0.0105. The van der Waals surface area contributed by atoms with Gasteiger partial charge in [0, 0.05) is 0 Å². The number of carboxylic acid groups (broad SMARTS) is 2. The van der Waals surface area contributed by atoms with E-state index in [0.717, 1.165) is 0 Å². The molecule has 0 aliphatic heterocycles. The van der Waals surface area contributed by atoms with Crippen molar-refractivity contribution in [2.45, 2.75) is 0 Å². The second-order valence-electron chi connectivity index (χ2n) is 0.474. The van der Waals surface area contributed by atoms with E-state index in [0.29, 0.717) is 0 Å². The van der Waals surface area contributed by atoms with Crippen molar-refractivity contribution in [2.24, 2.45) is 0 Å². The third-order valence-electron chi connectivity index (χ3n) is 0. The van der Waals surface area contributed by atoms with E-state index in [4.69, 9.17) is 30.3 Å². The van der Waals surface area contributed by atoms with E-state index in [9.17, 15) is 0 Å². The zero-order valence-electron chi connectivity index (χ0n) is 4.70. The van der Waals surface area contributed by atoms with Crippen molar-refractivity contribution < 1.29 is 66.7 Å². The molecule has 10 heavy (non-hydrogen) atoms. The molecule has 0 N–H and O–H groups in total. The Labute approximate surface area is 87.9 Å². The zero-order valence-corrected chi connectivity index (χ0v) is 7.64. The first-order chi connectivity index (χ1) is 3.46. The van der Waals surface area contributed by atoms with Gasteiger partial charge in [-0.05, 0) is 6.16 Å². The average Bonchev–Trinajstić information content (AvgIpc) is 1.25. The van der Waals surface area contributed by atoms with Crippen LogP contribution in [0.2, 0.25) is 0 Å². The van der Waals surface area contributed by atoms with Gasteiger partial charge >= 0.3 is 46.6 Å². The molecule has 0 saturated heterocycles. The minimum atomic E-state index is -2.33. The molecule has 0 spiro atoms. The molecule has 0 saturated carbocycles. The minimum absolute atomic E-state index is 0. The van der Waals surface area contributed by atoms with Crippen LogP contribution < -0.4 is 39.8 Å². The third-order valence-corrected chi connectivity index (χ3v) is 0. The van der Waals surface area contributed by atoms with E-state index >= 15 is 0 Å². The molecule has 0 aromatic rings. The first-order valence-electron chi connectivity index (χ1n) is 1.16. The zero-order chi connectivity index (χ0) is 7.15. The van der Waals surface area contributed by atoms with Gasteiger partial charge in [-0.2, -0.15) is 0 Å². The van der Waals surface area contributed by atoms with Crippen LogP contribution in [0.25, 0.3) is 0 Å². The van der Waals surface area contributed by atoms with Gasteiger partial charge in [0.2, 0.25) is 0 Å². The molecule has 0 atom stereocenters. The van der Waals surface area contributed by atoms with Gasteiger partial charge in [-0.25, -0.2) is 0 Å². The Morgan fingerprint density at radius 1 is 1.20 bits per heavy atom. The molecule has 0 amide bonds. The number of hydrogen-bond donors (Lipinski definition) is 0. The first-order valence-corrected chi connectivity index (χ1v) is 1.16. The van der Waals surface area contributed by atoms with Crippen molar-refractivity contribution in [1.29, 1.82) is 0 Å². The van der Waals surface area contributed by atoms with Crippen LogP contribution in [0.5, 0.6) is 0 Å². The van der Waals surface area contributed by atoms with Crippen molar-refractivity contribution in [3.8, 4) is 0 Å². The fourth-order valence-electron chi connectivity index (χ4n) is 0. The van der Waals surface area contributed by atoms with E-state index in [1.165, 1.54) is 0 Å². The summed E-state index contributed by atoms with van der Waals surface area (Å²) in [7, 11) is 0. The van der Waals surface area contributed by atoms with Gasteiger partial charge in [-0.15, -0.1) is 0 Å². The Balaban J connectivity index is -0.0000000300. The number of hydrogen-bond acceptors (Lipinski definition) is 6. The molecule has 0 heterocycles. The van der Waals surface area contributed by atoms with E-state index in [-0.39, 0.29) is 46.6 Å². The van der Waals surface area contributed by atoms with E-state index in [1.807, 2.05) is 0 Å². The summed E-state index contributed by atoms with van der Waals surface area (Å²) < 4.78 is 0. The molecule has 0 aliphatic carbocycles. The van der Waals surface area contributed by atoms with Gasteiger partial charge in [-0.1, -0.05) is 0 Å². The van der Waals surface area contributed by atoms with Crippen molar-refractivity contribution in [2.75, 3.05) is 0 Å². The van der Waals surface area contributed by atoms with E-state index in [2.05, 4.69) is 0 Å². The fourth-order valence-corrected chi connectivity index (χ4v) is 0. The van der Waals surface area contributed by atoms with Crippen molar-refractivity contribution in [3.05, 3.63) is 15.3 Å². The second kappa shape index (κ2) is 16.0. The summed E-state index contributed by atoms with van der Waals surface area (Å²) in [6, 6.07) is 0. The van der Waals surface area contributed by atoms with Crippen LogP contribution in [0.4, 0.5) is 4.79 Å². The van der Waals surface area contributed by atoms with E-state index in [1.54, 1.807) is 0 Å². The summed E-state index contributed by atoms with van der Waals surface area (Å²) in [5.74, 6) is 0. The van der Waals surface area contributed by atoms with Crippen LogP contribution in [0.1, 0.15) is 0 Å². The molecule has 0 aromatic carbocycles. The monoisotopic (exact) mass is 208 g/mol. The summed E-state index contributed by atoms with van der Waals surface area (Å²) in [6.07, 6.45) is -2.33. The quantitative estimate of drug-likeness (QED) is 0.222. The molecule has 0 bridgehead atoms. The van der Waals surface area contributed by atoms with Gasteiger partial charge in [0.25, 0.3) is 0 Å². The van der Waals surface area contributed by atoms with Crippen molar-refractivity contribution in [3.63, 3.8) is 0 Å². The Bertz CT molecular complexity index is 75.7. The van der Waals surface area contributed by atoms with Crippen LogP contribution in [-0.2, 0) is 17.1 Å². The summed E-state index contributed by atoms with van der Waals surface area (Å²) in [5, 5.41) is 31.4. The maximum atomic E-state index is 8.33. The summed E-state index contributed by atoms with van der Waals surface area (Å²) in [4.78, 5) is 16.6. The maximum Gasteiger partial charge on any atom is 2.00 e. The molecule has 0 rings (SSSR count). The van der Waals surface area contributed by atoms with E-state index < -0.39 is 11.2 Å². The maximum absolute atomic E-state index is 8.33. The largest absolute Gasteiger partial charge is 2.00 e. The Morgan fingerprint density at radius 2 is 1.20 bits per heavy atom. The summed E-state index contributed by atoms with van der Waals surface area (Å²) >= 11 is 0. The molecular formula is CCuNNaO6. The third kappa shape index (κ3) is 3530000. The van der Waals surface area contributed by atoms with Crippen molar-refractivity contribution in [1.82, 2.24) is 0 Å².